The molecule has 21 heavy (non-hydrogen) atoms. The number of hydrogen-bond acceptors (Lipinski definition) is 3. The van der Waals surface area contributed by atoms with Crippen LogP contribution in [0, 0.1) is 16.7 Å². The summed E-state index contributed by atoms with van der Waals surface area (Å²) >= 11 is 0. The molecule has 5 heteroatoms. The van der Waals surface area contributed by atoms with Gasteiger partial charge in [-0.2, -0.15) is 0 Å². The quantitative estimate of drug-likeness (QED) is 0.737. The molecule has 1 saturated carbocycles. The maximum atomic E-state index is 11.4. The topological polar surface area (TPSA) is 91.7 Å². The molecule has 0 radical (unpaired) electrons. The summed E-state index contributed by atoms with van der Waals surface area (Å²) in [6, 6.07) is 5.49. The van der Waals surface area contributed by atoms with Crippen LogP contribution in [0.2, 0.25) is 0 Å². The van der Waals surface area contributed by atoms with Crippen LogP contribution in [0.1, 0.15) is 39.3 Å². The summed E-state index contributed by atoms with van der Waals surface area (Å²) in [6.45, 7) is 8.94. The van der Waals surface area contributed by atoms with E-state index in [1.807, 2.05) is 12.1 Å². The van der Waals surface area contributed by atoms with E-state index in [0.717, 1.165) is 5.56 Å². The molecule has 3 rings (SSSR count). The van der Waals surface area contributed by atoms with Gasteiger partial charge >= 0.3 is 11.1 Å². The summed E-state index contributed by atoms with van der Waals surface area (Å²) in [5.74, 6) is 0.386. The summed E-state index contributed by atoms with van der Waals surface area (Å²) < 4.78 is 0. The highest BCUT2D eigenvalue weighted by atomic mass is 16.2. The van der Waals surface area contributed by atoms with E-state index in [-0.39, 0.29) is 16.9 Å². The molecule has 4 N–H and O–H groups in total. The van der Waals surface area contributed by atoms with Crippen LogP contribution in [0.4, 0.5) is 0 Å². The highest BCUT2D eigenvalue weighted by Crippen LogP contribution is 2.71. The molecule has 0 bridgehead atoms. The number of nitrogens with two attached hydrogens (primary N) is 1. The number of nitrogens with one attached hydrogen (secondary N) is 2. The summed E-state index contributed by atoms with van der Waals surface area (Å²) in [6.07, 6.45) is 0. The van der Waals surface area contributed by atoms with Gasteiger partial charge in [-0.25, -0.2) is 0 Å². The van der Waals surface area contributed by atoms with E-state index in [1.165, 1.54) is 0 Å². The van der Waals surface area contributed by atoms with Crippen LogP contribution in [0.25, 0.3) is 11.0 Å². The first kappa shape index (κ1) is 14.1. The van der Waals surface area contributed by atoms with Gasteiger partial charge in [-0.1, -0.05) is 33.8 Å². The Kier molecular flexibility index (Phi) is 2.73. The molecule has 1 aliphatic rings. The van der Waals surface area contributed by atoms with Crippen molar-refractivity contribution in [3.05, 3.63) is 44.5 Å². The monoisotopic (exact) mass is 287 g/mol. The lowest BCUT2D eigenvalue weighted by Gasteiger charge is -2.15. The van der Waals surface area contributed by atoms with E-state index in [2.05, 4.69) is 37.7 Å². The van der Waals surface area contributed by atoms with Crippen molar-refractivity contribution in [2.75, 3.05) is 0 Å². The molecule has 1 aromatic carbocycles. The maximum absolute atomic E-state index is 11.4. The van der Waals surface area contributed by atoms with E-state index < -0.39 is 11.1 Å². The first-order valence-corrected chi connectivity index (χ1v) is 7.18. The standard InChI is InChI=1S/C16H21N3O2/c1-15(2)12(16(15,3)4)11(17)8-5-6-9-10(7-8)19-14(21)13(20)18-9/h5-7,11-12H,17H2,1-4H3,(H,18,20)(H,19,21). The number of rotatable bonds is 2. The van der Waals surface area contributed by atoms with Crippen LogP contribution in [-0.4, -0.2) is 9.97 Å². The lowest BCUT2D eigenvalue weighted by atomic mass is 9.97. The third kappa shape index (κ3) is 1.87. The van der Waals surface area contributed by atoms with Gasteiger partial charge in [0.05, 0.1) is 11.0 Å². The molecule has 5 nitrogen and oxygen atoms in total. The fourth-order valence-corrected chi connectivity index (χ4v) is 3.68. The molecule has 1 heterocycles. The number of benzene rings is 1. The Labute approximate surface area is 122 Å². The fourth-order valence-electron chi connectivity index (χ4n) is 3.68. The first-order valence-electron chi connectivity index (χ1n) is 7.18. The van der Waals surface area contributed by atoms with Crippen molar-refractivity contribution in [3.63, 3.8) is 0 Å². The molecule has 1 atom stereocenters. The van der Waals surface area contributed by atoms with Gasteiger partial charge < -0.3 is 15.7 Å². The lowest BCUT2D eigenvalue weighted by molar-refractivity contribution is 0.457. The van der Waals surface area contributed by atoms with E-state index in [0.29, 0.717) is 17.0 Å². The Hall–Kier alpha value is -1.88. The number of fused-ring (bicyclic) bond motifs is 1. The minimum Gasteiger partial charge on any atom is -0.324 e. The lowest BCUT2D eigenvalue weighted by Crippen LogP contribution is -2.29. The molecule has 1 unspecified atom stereocenters. The number of hydrogen-bond donors (Lipinski definition) is 3. The predicted octanol–water partition coefficient (Wildman–Crippen LogP) is 1.90. The van der Waals surface area contributed by atoms with Crippen molar-refractivity contribution < 1.29 is 0 Å². The maximum Gasteiger partial charge on any atom is 0.314 e. The summed E-state index contributed by atoms with van der Waals surface area (Å²) in [5.41, 5.74) is 7.77. The Morgan fingerprint density at radius 3 is 2.05 bits per heavy atom. The fraction of sp³-hybridized carbons (Fsp3) is 0.500. The predicted molar refractivity (Wildman–Crippen MR) is 83.2 cm³/mol. The second-order valence-corrected chi connectivity index (χ2v) is 7.16. The van der Waals surface area contributed by atoms with Gasteiger partial charge in [0.2, 0.25) is 0 Å². The third-order valence-corrected chi connectivity index (χ3v) is 5.62. The van der Waals surface area contributed by atoms with Gasteiger partial charge in [0, 0.05) is 6.04 Å². The number of H-pyrrole nitrogens is 2. The summed E-state index contributed by atoms with van der Waals surface area (Å²) in [4.78, 5) is 27.9. The first-order chi connectivity index (χ1) is 9.66. The van der Waals surface area contributed by atoms with Gasteiger partial charge in [0.1, 0.15) is 0 Å². The molecule has 0 aliphatic heterocycles. The average molecular weight is 287 g/mol. The molecule has 1 aliphatic carbocycles. The Morgan fingerprint density at radius 2 is 1.52 bits per heavy atom. The minimum atomic E-state index is -0.639. The zero-order valence-electron chi connectivity index (χ0n) is 12.8. The van der Waals surface area contributed by atoms with Gasteiger partial charge in [-0.3, -0.25) is 9.59 Å². The molecule has 1 fully saturated rings. The molecule has 0 saturated heterocycles. The van der Waals surface area contributed by atoms with E-state index in [9.17, 15) is 9.59 Å². The van der Waals surface area contributed by atoms with Crippen molar-refractivity contribution in [2.45, 2.75) is 33.7 Å². The third-order valence-electron chi connectivity index (χ3n) is 5.62. The second-order valence-electron chi connectivity index (χ2n) is 7.16. The molecule has 0 spiro atoms. The Morgan fingerprint density at radius 1 is 1.00 bits per heavy atom. The smallest absolute Gasteiger partial charge is 0.314 e. The van der Waals surface area contributed by atoms with Gasteiger partial charge in [0.25, 0.3) is 0 Å². The molecular weight excluding hydrogens is 266 g/mol. The molecule has 112 valence electrons. The van der Waals surface area contributed by atoms with Gasteiger partial charge in [0.15, 0.2) is 0 Å². The van der Waals surface area contributed by atoms with Crippen LogP contribution in [0.15, 0.2) is 27.8 Å². The normalized spacial score (nSPS) is 21.4. The van der Waals surface area contributed by atoms with Gasteiger partial charge in [-0.15, -0.1) is 0 Å². The van der Waals surface area contributed by atoms with Crippen molar-refractivity contribution in [1.82, 2.24) is 9.97 Å². The zero-order valence-corrected chi connectivity index (χ0v) is 12.8. The SMILES string of the molecule is CC1(C)C(C(N)c2ccc3[nH]c(=O)c(=O)[nH]c3c2)C1(C)C. The number of aromatic amines is 2. The average Bonchev–Trinajstić information content (AvgIpc) is 2.80. The Bertz CT molecular complexity index is 815. The van der Waals surface area contributed by atoms with Crippen LogP contribution in [-0.2, 0) is 0 Å². The Balaban J connectivity index is 2.04. The van der Waals surface area contributed by atoms with Crippen molar-refractivity contribution in [2.24, 2.45) is 22.5 Å². The van der Waals surface area contributed by atoms with Crippen molar-refractivity contribution in [1.29, 1.82) is 0 Å². The van der Waals surface area contributed by atoms with Gasteiger partial charge in [-0.05, 0) is 34.4 Å². The minimum absolute atomic E-state index is 0.0881. The van der Waals surface area contributed by atoms with E-state index >= 15 is 0 Å². The second kappa shape index (κ2) is 4.07. The summed E-state index contributed by atoms with van der Waals surface area (Å²) in [5, 5.41) is 0. The van der Waals surface area contributed by atoms with Crippen molar-refractivity contribution in [3.8, 4) is 0 Å². The summed E-state index contributed by atoms with van der Waals surface area (Å²) in [7, 11) is 0. The number of aromatic nitrogens is 2. The van der Waals surface area contributed by atoms with E-state index in [4.69, 9.17) is 5.73 Å². The van der Waals surface area contributed by atoms with Crippen LogP contribution >= 0.6 is 0 Å². The highest BCUT2D eigenvalue weighted by molar-refractivity contribution is 5.74. The molecule has 1 aromatic heterocycles. The largest absolute Gasteiger partial charge is 0.324 e. The zero-order chi connectivity index (χ0) is 15.6. The van der Waals surface area contributed by atoms with Crippen molar-refractivity contribution >= 4 is 11.0 Å². The molecule has 0 amide bonds. The van der Waals surface area contributed by atoms with Crippen LogP contribution < -0.4 is 16.9 Å². The van der Waals surface area contributed by atoms with E-state index in [1.54, 1.807) is 6.07 Å². The highest BCUT2D eigenvalue weighted by Gasteiger charge is 2.66. The molecule has 2 aromatic rings. The van der Waals surface area contributed by atoms with Crippen LogP contribution in [0.3, 0.4) is 0 Å². The van der Waals surface area contributed by atoms with Crippen LogP contribution in [0.5, 0.6) is 0 Å². The molecular formula is C16H21N3O2.